The number of hydrogen-bond donors (Lipinski definition) is 0. The van der Waals surface area contributed by atoms with Gasteiger partial charge in [0.25, 0.3) is 0 Å². The maximum Gasteiger partial charge on any atom is 0.343 e. The van der Waals surface area contributed by atoms with Crippen LogP contribution in [0.15, 0.2) is 36.4 Å². The van der Waals surface area contributed by atoms with Crippen molar-refractivity contribution in [3.05, 3.63) is 64.7 Å². The summed E-state index contributed by atoms with van der Waals surface area (Å²) in [4.78, 5) is 12.3. The average molecular weight is 388 g/mol. The number of aryl methyl sites for hydroxylation is 2. The Morgan fingerprint density at radius 2 is 1.46 bits per heavy atom. The molecule has 0 fully saturated rings. The van der Waals surface area contributed by atoms with E-state index in [1.165, 1.54) is 37.8 Å². The van der Waals surface area contributed by atoms with Crippen LogP contribution >= 0.6 is 0 Å². The molecule has 28 heavy (non-hydrogen) atoms. The van der Waals surface area contributed by atoms with E-state index in [1.54, 1.807) is 12.1 Å². The van der Waals surface area contributed by atoms with Gasteiger partial charge < -0.3 is 4.74 Å². The molecule has 4 heteroatoms. The first-order valence-corrected chi connectivity index (χ1v) is 10.3. The molecule has 0 aromatic heterocycles. The van der Waals surface area contributed by atoms with Gasteiger partial charge in [0.05, 0.1) is 5.56 Å². The first-order chi connectivity index (χ1) is 13.6. The molecule has 0 saturated carbocycles. The van der Waals surface area contributed by atoms with E-state index in [9.17, 15) is 13.6 Å². The van der Waals surface area contributed by atoms with Crippen molar-refractivity contribution in [2.24, 2.45) is 0 Å². The Hall–Kier alpha value is -2.23. The zero-order valence-electron chi connectivity index (χ0n) is 16.9. The largest absolute Gasteiger partial charge is 0.420 e. The fourth-order valence-electron chi connectivity index (χ4n) is 3.11. The van der Waals surface area contributed by atoms with Crippen LogP contribution in [0.2, 0.25) is 0 Å². The molecule has 0 radical (unpaired) electrons. The fraction of sp³-hybridized carbons (Fsp3) is 0.458. The van der Waals surface area contributed by atoms with Crippen LogP contribution in [0.1, 0.15) is 80.3 Å². The van der Waals surface area contributed by atoms with Gasteiger partial charge in [0.2, 0.25) is 5.82 Å². The highest BCUT2D eigenvalue weighted by Crippen LogP contribution is 2.25. The Morgan fingerprint density at radius 1 is 0.786 bits per heavy atom. The molecule has 0 unspecified atom stereocenters. The topological polar surface area (TPSA) is 26.3 Å². The van der Waals surface area contributed by atoms with Crippen molar-refractivity contribution in [2.45, 2.75) is 71.6 Å². The summed E-state index contributed by atoms with van der Waals surface area (Å²) in [6, 6.07) is 9.94. The molecule has 0 N–H and O–H groups in total. The number of carbonyl (C=O) groups excluding carboxylic acids is 1. The van der Waals surface area contributed by atoms with Gasteiger partial charge in [-0.05, 0) is 55.0 Å². The van der Waals surface area contributed by atoms with Crippen molar-refractivity contribution >= 4 is 5.97 Å². The second kappa shape index (κ2) is 11.6. The van der Waals surface area contributed by atoms with Crippen molar-refractivity contribution in [1.29, 1.82) is 0 Å². The summed E-state index contributed by atoms with van der Waals surface area (Å²) in [5, 5.41) is 0. The molecule has 0 aliphatic carbocycles. The lowest BCUT2D eigenvalue weighted by molar-refractivity contribution is 0.0726. The molecule has 0 atom stereocenters. The van der Waals surface area contributed by atoms with Crippen LogP contribution in [0.4, 0.5) is 8.78 Å². The zero-order chi connectivity index (χ0) is 20.4. The van der Waals surface area contributed by atoms with E-state index < -0.39 is 17.6 Å². The lowest BCUT2D eigenvalue weighted by Gasteiger charge is -2.09. The first kappa shape index (κ1) is 22.1. The number of carbonyl (C=O) groups is 1. The molecule has 0 saturated heterocycles. The van der Waals surface area contributed by atoms with Crippen molar-refractivity contribution in [1.82, 2.24) is 0 Å². The molecule has 2 aromatic rings. The lowest BCUT2D eigenvalue weighted by Crippen LogP contribution is -2.10. The van der Waals surface area contributed by atoms with Crippen LogP contribution in [0.25, 0.3) is 0 Å². The summed E-state index contributed by atoms with van der Waals surface area (Å²) in [5.74, 6) is -3.10. The van der Waals surface area contributed by atoms with E-state index in [2.05, 4.69) is 6.92 Å². The Labute approximate surface area is 166 Å². The monoisotopic (exact) mass is 388 g/mol. The highest BCUT2D eigenvalue weighted by molar-refractivity contribution is 5.91. The van der Waals surface area contributed by atoms with Gasteiger partial charge in [-0.1, -0.05) is 64.2 Å². The summed E-state index contributed by atoms with van der Waals surface area (Å²) in [5.41, 5.74) is 1.79. The van der Waals surface area contributed by atoms with Gasteiger partial charge in [-0.15, -0.1) is 0 Å². The van der Waals surface area contributed by atoms with E-state index >= 15 is 0 Å². The number of benzene rings is 2. The number of esters is 1. The third kappa shape index (κ3) is 6.43. The molecule has 0 aliphatic heterocycles. The van der Waals surface area contributed by atoms with Crippen molar-refractivity contribution in [3.8, 4) is 5.75 Å². The average Bonchev–Trinajstić information content (AvgIpc) is 2.71. The van der Waals surface area contributed by atoms with Gasteiger partial charge in [-0.25, -0.2) is 9.18 Å². The van der Waals surface area contributed by atoms with Crippen molar-refractivity contribution in [3.63, 3.8) is 0 Å². The van der Waals surface area contributed by atoms with Crippen LogP contribution in [-0.4, -0.2) is 5.97 Å². The SMILES string of the molecule is CCCCCCCc1ccc(C(=O)Oc2ccc(CCCC)c(F)c2F)cc1. The number of hydrogen-bond acceptors (Lipinski definition) is 2. The predicted molar refractivity (Wildman–Crippen MR) is 109 cm³/mol. The Bertz CT molecular complexity index is 754. The highest BCUT2D eigenvalue weighted by Gasteiger charge is 2.17. The summed E-state index contributed by atoms with van der Waals surface area (Å²) < 4.78 is 33.4. The van der Waals surface area contributed by atoms with Crippen LogP contribution in [0.3, 0.4) is 0 Å². The summed E-state index contributed by atoms with van der Waals surface area (Å²) in [6.45, 7) is 4.18. The molecule has 0 bridgehead atoms. The van der Waals surface area contributed by atoms with Gasteiger partial charge in [0.15, 0.2) is 11.6 Å². The number of ether oxygens (including phenoxy) is 1. The molecule has 0 spiro atoms. The molecule has 152 valence electrons. The minimum absolute atomic E-state index is 0.308. The van der Waals surface area contributed by atoms with Gasteiger partial charge in [-0.3, -0.25) is 0 Å². The molecule has 2 rings (SSSR count). The fourth-order valence-corrected chi connectivity index (χ4v) is 3.11. The molecular weight excluding hydrogens is 358 g/mol. The third-order valence-electron chi connectivity index (χ3n) is 4.89. The highest BCUT2D eigenvalue weighted by atomic mass is 19.2. The summed E-state index contributed by atoms with van der Waals surface area (Å²) in [7, 11) is 0. The van der Waals surface area contributed by atoms with Crippen LogP contribution in [-0.2, 0) is 12.8 Å². The normalized spacial score (nSPS) is 10.9. The zero-order valence-corrected chi connectivity index (χ0v) is 16.9. The van der Waals surface area contributed by atoms with Gasteiger partial charge in [0, 0.05) is 0 Å². The van der Waals surface area contributed by atoms with E-state index in [-0.39, 0.29) is 5.75 Å². The summed E-state index contributed by atoms with van der Waals surface area (Å²) >= 11 is 0. The van der Waals surface area contributed by atoms with Crippen LogP contribution < -0.4 is 4.74 Å². The maximum absolute atomic E-state index is 14.2. The molecule has 2 aromatic carbocycles. The molecule has 2 nitrogen and oxygen atoms in total. The molecule has 0 amide bonds. The second-order valence-electron chi connectivity index (χ2n) is 7.20. The van der Waals surface area contributed by atoms with Crippen molar-refractivity contribution in [2.75, 3.05) is 0 Å². The van der Waals surface area contributed by atoms with E-state index in [0.717, 1.165) is 31.2 Å². The van der Waals surface area contributed by atoms with E-state index in [0.29, 0.717) is 17.5 Å². The van der Waals surface area contributed by atoms with Gasteiger partial charge in [0.1, 0.15) is 0 Å². The number of rotatable bonds is 11. The van der Waals surface area contributed by atoms with Crippen LogP contribution in [0.5, 0.6) is 5.75 Å². The molecular formula is C24H30F2O2. The number of unbranched alkanes of at least 4 members (excludes halogenated alkanes) is 5. The second-order valence-corrected chi connectivity index (χ2v) is 7.20. The third-order valence-corrected chi connectivity index (χ3v) is 4.89. The quantitative estimate of drug-likeness (QED) is 0.234. The lowest BCUT2D eigenvalue weighted by atomic mass is 10.0. The molecule has 0 heterocycles. The van der Waals surface area contributed by atoms with E-state index in [4.69, 9.17) is 4.74 Å². The Kier molecular flexibility index (Phi) is 9.12. The van der Waals surface area contributed by atoms with Crippen LogP contribution in [0, 0.1) is 11.6 Å². The van der Waals surface area contributed by atoms with Crippen molar-refractivity contribution < 1.29 is 18.3 Å². The first-order valence-electron chi connectivity index (χ1n) is 10.3. The minimum Gasteiger partial charge on any atom is -0.420 e. The minimum atomic E-state index is -1.11. The Morgan fingerprint density at radius 3 is 2.14 bits per heavy atom. The molecule has 0 aliphatic rings. The van der Waals surface area contributed by atoms with Gasteiger partial charge in [-0.2, -0.15) is 4.39 Å². The standard InChI is InChI=1S/C24H30F2O2/c1-3-5-7-8-9-10-18-12-14-20(15-13-18)24(27)28-21-17-16-19(11-6-4-2)22(25)23(21)26/h12-17H,3-11H2,1-2H3. The van der Waals surface area contributed by atoms with Gasteiger partial charge >= 0.3 is 5.97 Å². The smallest absolute Gasteiger partial charge is 0.343 e. The number of halogens is 2. The maximum atomic E-state index is 14.2. The Balaban J connectivity index is 1.94. The predicted octanol–water partition coefficient (Wildman–Crippen LogP) is 7.04. The summed E-state index contributed by atoms with van der Waals surface area (Å²) in [6.07, 6.45) is 9.18. The van der Waals surface area contributed by atoms with E-state index in [1.807, 2.05) is 19.1 Å².